The minimum atomic E-state index is -3.47. The maximum Gasteiger partial charge on any atom is 0.258 e. The number of amides is 1. The fourth-order valence-electron chi connectivity index (χ4n) is 2.89. The number of carbonyl (C=O) groups excluding carboxylic acids is 1. The van der Waals surface area contributed by atoms with Crippen LogP contribution in [0, 0.1) is 0 Å². The van der Waals surface area contributed by atoms with Crippen molar-refractivity contribution in [2.75, 3.05) is 25.5 Å². The topological polar surface area (TPSA) is 57.7 Å². The highest BCUT2D eigenvalue weighted by molar-refractivity contribution is 7.89. The first kappa shape index (κ1) is 16.7. The van der Waals surface area contributed by atoms with Gasteiger partial charge in [-0.3, -0.25) is 4.79 Å². The quantitative estimate of drug-likeness (QED) is 0.860. The van der Waals surface area contributed by atoms with Gasteiger partial charge in [-0.2, -0.15) is 0 Å². The van der Waals surface area contributed by atoms with Gasteiger partial charge in [0.15, 0.2) is 0 Å². The van der Waals surface area contributed by atoms with Crippen LogP contribution in [0.25, 0.3) is 0 Å². The molecule has 1 heterocycles. The summed E-state index contributed by atoms with van der Waals surface area (Å²) in [7, 11) is -0.443. The summed E-state index contributed by atoms with van der Waals surface area (Å²) < 4.78 is 25.8. The number of benzene rings is 2. The zero-order valence-electron chi connectivity index (χ0n) is 13.8. The molecule has 0 saturated carbocycles. The summed E-state index contributed by atoms with van der Waals surface area (Å²) in [4.78, 5) is 14.8. The Hall–Kier alpha value is -2.18. The van der Waals surface area contributed by atoms with Crippen LogP contribution >= 0.6 is 0 Å². The number of carbonyl (C=O) groups is 1. The molecule has 2 aromatic carbocycles. The van der Waals surface area contributed by atoms with E-state index >= 15 is 0 Å². The summed E-state index contributed by atoms with van der Waals surface area (Å²) >= 11 is 0. The summed E-state index contributed by atoms with van der Waals surface area (Å²) in [6.07, 6.45) is 1.59. The number of anilines is 1. The molecule has 126 valence electrons. The van der Waals surface area contributed by atoms with Crippen LogP contribution in [-0.2, 0) is 16.4 Å². The van der Waals surface area contributed by atoms with Crippen LogP contribution in [0.5, 0.6) is 0 Å². The van der Waals surface area contributed by atoms with Gasteiger partial charge in [0.2, 0.25) is 10.0 Å². The first-order valence-corrected chi connectivity index (χ1v) is 9.27. The van der Waals surface area contributed by atoms with Crippen LogP contribution in [0.1, 0.15) is 22.3 Å². The summed E-state index contributed by atoms with van der Waals surface area (Å²) in [5.74, 6) is -0.0558. The number of nitrogens with zero attached hydrogens (tertiary/aromatic N) is 2. The van der Waals surface area contributed by atoms with Crippen molar-refractivity contribution in [2.45, 2.75) is 17.7 Å². The van der Waals surface area contributed by atoms with Crippen LogP contribution in [0.15, 0.2) is 53.4 Å². The van der Waals surface area contributed by atoms with Gasteiger partial charge in [0.25, 0.3) is 5.91 Å². The number of aryl methyl sites for hydroxylation is 1. The Labute approximate surface area is 142 Å². The molecule has 1 aliphatic heterocycles. The molecule has 0 radical (unpaired) electrons. The standard InChI is InChI=1S/C18H20N2O3S/c1-19(2)24(22,23)16-10-11-17-15(13-16)9-6-12-20(17)18(21)14-7-4-3-5-8-14/h3-5,7-8,10-11,13H,6,9,12H2,1-2H3. The van der Waals surface area contributed by atoms with Gasteiger partial charge in [0.1, 0.15) is 0 Å². The van der Waals surface area contributed by atoms with Gasteiger partial charge in [-0.25, -0.2) is 12.7 Å². The minimum Gasteiger partial charge on any atom is -0.308 e. The lowest BCUT2D eigenvalue weighted by atomic mass is 10.0. The maximum absolute atomic E-state index is 12.8. The number of sulfonamides is 1. The predicted octanol–water partition coefficient (Wildman–Crippen LogP) is 2.53. The average Bonchev–Trinajstić information content (AvgIpc) is 2.60. The third-order valence-corrected chi connectivity index (χ3v) is 6.03. The van der Waals surface area contributed by atoms with E-state index in [1.807, 2.05) is 18.2 Å². The minimum absolute atomic E-state index is 0.0558. The third kappa shape index (κ3) is 2.95. The van der Waals surface area contributed by atoms with E-state index in [4.69, 9.17) is 0 Å². The van der Waals surface area contributed by atoms with Crippen molar-refractivity contribution >= 4 is 21.6 Å². The van der Waals surface area contributed by atoms with E-state index in [0.717, 1.165) is 24.1 Å². The fourth-order valence-corrected chi connectivity index (χ4v) is 3.85. The smallest absolute Gasteiger partial charge is 0.258 e. The highest BCUT2D eigenvalue weighted by Gasteiger charge is 2.26. The fraction of sp³-hybridized carbons (Fsp3) is 0.278. The molecule has 0 unspecified atom stereocenters. The second-order valence-corrected chi connectivity index (χ2v) is 8.16. The molecule has 24 heavy (non-hydrogen) atoms. The SMILES string of the molecule is CN(C)S(=O)(=O)c1ccc2c(c1)CCCN2C(=O)c1ccccc1. The first-order chi connectivity index (χ1) is 11.4. The Morgan fingerprint density at radius 1 is 1.08 bits per heavy atom. The van der Waals surface area contributed by atoms with Gasteiger partial charge in [0, 0.05) is 31.9 Å². The number of hydrogen-bond acceptors (Lipinski definition) is 3. The number of rotatable bonds is 3. The van der Waals surface area contributed by atoms with Gasteiger partial charge in [0.05, 0.1) is 4.90 Å². The molecule has 0 aliphatic carbocycles. The van der Waals surface area contributed by atoms with E-state index in [0.29, 0.717) is 12.1 Å². The van der Waals surface area contributed by atoms with Crippen molar-refractivity contribution < 1.29 is 13.2 Å². The first-order valence-electron chi connectivity index (χ1n) is 7.83. The van der Waals surface area contributed by atoms with Crippen LogP contribution < -0.4 is 4.90 Å². The number of hydrogen-bond donors (Lipinski definition) is 0. The van der Waals surface area contributed by atoms with Crippen LogP contribution in [0.2, 0.25) is 0 Å². The van der Waals surface area contributed by atoms with E-state index in [2.05, 4.69) is 0 Å². The number of fused-ring (bicyclic) bond motifs is 1. The van der Waals surface area contributed by atoms with Gasteiger partial charge >= 0.3 is 0 Å². The van der Waals surface area contributed by atoms with E-state index in [-0.39, 0.29) is 10.8 Å². The summed E-state index contributed by atoms with van der Waals surface area (Å²) in [6.45, 7) is 0.639. The summed E-state index contributed by atoms with van der Waals surface area (Å²) in [6, 6.07) is 14.1. The molecule has 0 spiro atoms. The van der Waals surface area contributed by atoms with E-state index in [1.54, 1.807) is 35.2 Å². The molecule has 0 atom stereocenters. The van der Waals surface area contributed by atoms with Crippen LogP contribution in [-0.4, -0.2) is 39.3 Å². The van der Waals surface area contributed by atoms with Gasteiger partial charge < -0.3 is 4.90 Å². The zero-order valence-corrected chi connectivity index (χ0v) is 14.6. The molecule has 5 nitrogen and oxygen atoms in total. The van der Waals surface area contributed by atoms with E-state index in [1.165, 1.54) is 18.4 Å². The molecule has 0 fully saturated rings. The van der Waals surface area contributed by atoms with Gasteiger partial charge in [-0.05, 0) is 48.7 Å². The molecule has 3 rings (SSSR count). The Balaban J connectivity index is 1.99. The molecule has 0 N–H and O–H groups in total. The molecular formula is C18H20N2O3S. The molecule has 0 aromatic heterocycles. The van der Waals surface area contributed by atoms with Gasteiger partial charge in [-0.1, -0.05) is 18.2 Å². The Morgan fingerprint density at radius 2 is 1.79 bits per heavy atom. The Kier molecular flexibility index (Phi) is 4.43. The molecular weight excluding hydrogens is 324 g/mol. The summed E-state index contributed by atoms with van der Waals surface area (Å²) in [5, 5.41) is 0. The molecule has 0 saturated heterocycles. The van der Waals surface area contributed by atoms with Crippen LogP contribution in [0.3, 0.4) is 0 Å². The van der Waals surface area contributed by atoms with E-state index in [9.17, 15) is 13.2 Å². The largest absolute Gasteiger partial charge is 0.308 e. The molecule has 6 heteroatoms. The monoisotopic (exact) mass is 344 g/mol. The molecule has 2 aromatic rings. The van der Waals surface area contributed by atoms with Crippen LogP contribution in [0.4, 0.5) is 5.69 Å². The van der Waals surface area contributed by atoms with Gasteiger partial charge in [-0.15, -0.1) is 0 Å². The molecule has 0 bridgehead atoms. The van der Waals surface area contributed by atoms with E-state index < -0.39 is 10.0 Å². The highest BCUT2D eigenvalue weighted by Crippen LogP contribution is 2.31. The normalized spacial score (nSPS) is 14.5. The zero-order chi connectivity index (χ0) is 17.3. The lowest BCUT2D eigenvalue weighted by Crippen LogP contribution is -2.35. The third-order valence-electron chi connectivity index (χ3n) is 4.21. The average molecular weight is 344 g/mol. The predicted molar refractivity (Wildman–Crippen MR) is 93.8 cm³/mol. The van der Waals surface area contributed by atoms with Crippen molar-refractivity contribution in [2.24, 2.45) is 0 Å². The summed E-state index contributed by atoms with van der Waals surface area (Å²) in [5.41, 5.74) is 2.33. The van der Waals surface area contributed by atoms with Crippen molar-refractivity contribution in [1.29, 1.82) is 0 Å². The van der Waals surface area contributed by atoms with Crippen molar-refractivity contribution in [1.82, 2.24) is 4.31 Å². The second-order valence-electron chi connectivity index (χ2n) is 6.00. The molecule has 1 amide bonds. The molecule has 1 aliphatic rings. The van der Waals surface area contributed by atoms with Crippen molar-refractivity contribution in [3.63, 3.8) is 0 Å². The lowest BCUT2D eigenvalue weighted by Gasteiger charge is -2.30. The second kappa shape index (κ2) is 6.37. The highest BCUT2D eigenvalue weighted by atomic mass is 32.2. The van der Waals surface area contributed by atoms with Crippen molar-refractivity contribution in [3.8, 4) is 0 Å². The maximum atomic E-state index is 12.8. The lowest BCUT2D eigenvalue weighted by molar-refractivity contribution is 0.0985. The Bertz CT molecular complexity index is 861. The van der Waals surface area contributed by atoms with Crippen molar-refractivity contribution in [3.05, 3.63) is 59.7 Å². The Morgan fingerprint density at radius 3 is 2.46 bits per heavy atom.